The first-order valence-electron chi connectivity index (χ1n) is 7.99. The third kappa shape index (κ3) is 5.24. The van der Waals surface area contributed by atoms with Crippen LogP contribution in [0.2, 0.25) is 0 Å². The predicted molar refractivity (Wildman–Crippen MR) is 94.7 cm³/mol. The highest BCUT2D eigenvalue weighted by Crippen LogP contribution is 2.27. The van der Waals surface area contributed by atoms with E-state index in [1.807, 2.05) is 38.1 Å². The van der Waals surface area contributed by atoms with Crippen molar-refractivity contribution in [1.82, 2.24) is 10.9 Å². The van der Waals surface area contributed by atoms with Crippen molar-refractivity contribution in [3.8, 4) is 11.5 Å². The van der Waals surface area contributed by atoms with Crippen LogP contribution in [0.25, 0.3) is 0 Å². The van der Waals surface area contributed by atoms with Crippen molar-refractivity contribution in [2.75, 3.05) is 13.7 Å². The van der Waals surface area contributed by atoms with Gasteiger partial charge in [0.1, 0.15) is 0 Å². The van der Waals surface area contributed by atoms with Crippen LogP contribution in [0.4, 0.5) is 0 Å². The van der Waals surface area contributed by atoms with Gasteiger partial charge in [-0.25, -0.2) is 0 Å². The number of methoxy groups -OCH3 is 1. The molecule has 0 aliphatic carbocycles. The van der Waals surface area contributed by atoms with E-state index in [0.29, 0.717) is 17.1 Å². The van der Waals surface area contributed by atoms with Crippen LogP contribution in [0.5, 0.6) is 11.5 Å². The van der Waals surface area contributed by atoms with E-state index in [0.717, 1.165) is 17.5 Å². The molecule has 0 radical (unpaired) electrons. The van der Waals surface area contributed by atoms with E-state index in [4.69, 9.17) is 9.47 Å². The topological polar surface area (TPSA) is 76.7 Å². The lowest BCUT2D eigenvalue weighted by Crippen LogP contribution is -2.43. The molecule has 0 spiro atoms. The molecule has 6 heteroatoms. The Labute approximate surface area is 147 Å². The van der Waals surface area contributed by atoms with Gasteiger partial charge in [0.2, 0.25) is 0 Å². The van der Waals surface area contributed by atoms with Gasteiger partial charge in [0.15, 0.2) is 18.1 Å². The van der Waals surface area contributed by atoms with Gasteiger partial charge in [0.05, 0.1) is 7.11 Å². The van der Waals surface area contributed by atoms with Crippen molar-refractivity contribution in [2.45, 2.75) is 20.3 Å². The van der Waals surface area contributed by atoms with E-state index in [1.165, 1.54) is 7.11 Å². The Hall–Kier alpha value is -3.02. The highest BCUT2D eigenvalue weighted by atomic mass is 16.5. The van der Waals surface area contributed by atoms with E-state index < -0.39 is 5.91 Å². The maximum Gasteiger partial charge on any atom is 0.276 e. The van der Waals surface area contributed by atoms with Gasteiger partial charge in [-0.3, -0.25) is 20.4 Å². The molecule has 0 fully saturated rings. The molecule has 2 N–H and O–H groups in total. The summed E-state index contributed by atoms with van der Waals surface area (Å²) in [6.45, 7) is 3.73. The van der Waals surface area contributed by atoms with Crippen LogP contribution < -0.4 is 20.3 Å². The smallest absolute Gasteiger partial charge is 0.276 e. The van der Waals surface area contributed by atoms with E-state index in [2.05, 4.69) is 10.9 Å². The average Bonchev–Trinajstić information content (AvgIpc) is 2.64. The van der Waals surface area contributed by atoms with Crippen LogP contribution in [0.15, 0.2) is 42.5 Å². The molecule has 132 valence electrons. The molecule has 2 aromatic carbocycles. The number of benzene rings is 2. The molecule has 25 heavy (non-hydrogen) atoms. The summed E-state index contributed by atoms with van der Waals surface area (Å²) in [6, 6.07) is 12.6. The summed E-state index contributed by atoms with van der Waals surface area (Å²) in [5.74, 6) is 0.155. The Balaban J connectivity index is 1.83. The van der Waals surface area contributed by atoms with E-state index in [1.54, 1.807) is 18.2 Å². The summed E-state index contributed by atoms with van der Waals surface area (Å²) in [6.07, 6.45) is 0.901. The van der Waals surface area contributed by atoms with Crippen molar-refractivity contribution >= 4 is 11.8 Å². The van der Waals surface area contributed by atoms with Gasteiger partial charge < -0.3 is 9.47 Å². The first kappa shape index (κ1) is 18.3. The summed E-state index contributed by atoms with van der Waals surface area (Å²) in [7, 11) is 1.53. The van der Waals surface area contributed by atoms with Crippen molar-refractivity contribution in [3.05, 3.63) is 59.2 Å². The van der Waals surface area contributed by atoms with Gasteiger partial charge in [-0.2, -0.15) is 0 Å². The maximum atomic E-state index is 12.0. The average molecular weight is 342 g/mol. The molecule has 6 nitrogen and oxygen atoms in total. The molecule has 0 saturated carbocycles. The van der Waals surface area contributed by atoms with Gasteiger partial charge in [-0.05, 0) is 48.7 Å². The molecule has 2 rings (SSSR count). The Morgan fingerprint density at radius 1 is 1.00 bits per heavy atom. The Kier molecular flexibility index (Phi) is 6.39. The Morgan fingerprint density at radius 3 is 2.36 bits per heavy atom. The molecule has 0 aliphatic heterocycles. The summed E-state index contributed by atoms with van der Waals surface area (Å²) in [5, 5.41) is 0. The quantitative estimate of drug-likeness (QED) is 0.791. The van der Waals surface area contributed by atoms with Gasteiger partial charge in [-0.1, -0.05) is 25.1 Å². The molecule has 0 saturated heterocycles. The van der Waals surface area contributed by atoms with E-state index >= 15 is 0 Å². The van der Waals surface area contributed by atoms with E-state index in [-0.39, 0.29) is 12.5 Å². The van der Waals surface area contributed by atoms with Crippen LogP contribution >= 0.6 is 0 Å². The third-order valence-electron chi connectivity index (χ3n) is 3.62. The summed E-state index contributed by atoms with van der Waals surface area (Å²) in [5.41, 5.74) is 7.32. The Bertz CT molecular complexity index is 742. The number of rotatable bonds is 6. The fraction of sp³-hybridized carbons (Fsp3) is 0.263. The van der Waals surface area contributed by atoms with Crippen LogP contribution in [0.1, 0.15) is 28.4 Å². The van der Waals surface area contributed by atoms with Crippen LogP contribution in [-0.4, -0.2) is 25.5 Å². The number of ether oxygens (including phenoxy) is 2. The third-order valence-corrected chi connectivity index (χ3v) is 3.62. The predicted octanol–water partition coefficient (Wildman–Crippen LogP) is 2.41. The van der Waals surface area contributed by atoms with Crippen LogP contribution in [0.3, 0.4) is 0 Å². The summed E-state index contributed by atoms with van der Waals surface area (Å²) >= 11 is 0. The molecule has 0 aromatic heterocycles. The van der Waals surface area contributed by atoms with Gasteiger partial charge in [0.25, 0.3) is 11.8 Å². The standard InChI is InChI=1S/C19H22N2O4/c1-4-14-6-8-15(9-7-14)19(23)21-20-18(22)12-25-16-10-5-13(2)11-17(16)24-3/h5-11H,4,12H2,1-3H3,(H,20,22)(H,21,23). The van der Waals surface area contributed by atoms with Gasteiger partial charge >= 0.3 is 0 Å². The number of aryl methyl sites for hydroxylation is 2. The minimum Gasteiger partial charge on any atom is -0.493 e. The molecule has 2 amide bonds. The largest absolute Gasteiger partial charge is 0.493 e. The zero-order valence-electron chi connectivity index (χ0n) is 14.6. The lowest BCUT2D eigenvalue weighted by molar-refractivity contribution is -0.123. The second kappa shape index (κ2) is 8.73. The van der Waals surface area contributed by atoms with Crippen molar-refractivity contribution in [1.29, 1.82) is 0 Å². The summed E-state index contributed by atoms with van der Waals surface area (Å²) < 4.78 is 10.6. The van der Waals surface area contributed by atoms with Crippen LogP contribution in [-0.2, 0) is 11.2 Å². The number of hydrazine groups is 1. The van der Waals surface area contributed by atoms with Crippen molar-refractivity contribution in [3.63, 3.8) is 0 Å². The number of carbonyl (C=O) groups excluding carboxylic acids is 2. The fourth-order valence-corrected chi connectivity index (χ4v) is 2.16. The lowest BCUT2D eigenvalue weighted by atomic mass is 10.1. The second-order valence-electron chi connectivity index (χ2n) is 5.50. The molecule has 0 unspecified atom stereocenters. The first-order valence-corrected chi connectivity index (χ1v) is 7.99. The molecular weight excluding hydrogens is 320 g/mol. The number of hydrogen-bond donors (Lipinski definition) is 2. The monoisotopic (exact) mass is 342 g/mol. The molecule has 0 bridgehead atoms. The second-order valence-corrected chi connectivity index (χ2v) is 5.50. The number of nitrogens with one attached hydrogen (secondary N) is 2. The molecule has 0 heterocycles. The minimum atomic E-state index is -0.471. The van der Waals surface area contributed by atoms with Crippen molar-refractivity contribution < 1.29 is 19.1 Å². The van der Waals surface area contributed by atoms with Gasteiger partial charge in [-0.15, -0.1) is 0 Å². The molecule has 0 aliphatic rings. The van der Waals surface area contributed by atoms with E-state index in [9.17, 15) is 9.59 Å². The Morgan fingerprint density at radius 2 is 1.72 bits per heavy atom. The highest BCUT2D eigenvalue weighted by molar-refractivity contribution is 5.95. The van der Waals surface area contributed by atoms with Gasteiger partial charge in [0, 0.05) is 5.56 Å². The summed E-state index contributed by atoms with van der Waals surface area (Å²) in [4.78, 5) is 23.8. The fourth-order valence-electron chi connectivity index (χ4n) is 2.16. The highest BCUT2D eigenvalue weighted by Gasteiger charge is 2.10. The SMILES string of the molecule is CCc1ccc(C(=O)NNC(=O)COc2ccc(C)cc2OC)cc1. The van der Waals surface area contributed by atoms with Crippen molar-refractivity contribution in [2.24, 2.45) is 0 Å². The van der Waals surface area contributed by atoms with Crippen LogP contribution in [0, 0.1) is 6.92 Å². The molecule has 2 aromatic rings. The number of hydrogen-bond acceptors (Lipinski definition) is 4. The first-order chi connectivity index (χ1) is 12.0. The minimum absolute atomic E-state index is 0.242. The lowest BCUT2D eigenvalue weighted by Gasteiger charge is -2.12. The zero-order chi connectivity index (χ0) is 18.2. The normalized spacial score (nSPS) is 10.0. The number of amides is 2. The molecule has 0 atom stereocenters. The maximum absolute atomic E-state index is 12.0. The molecular formula is C19H22N2O4. The zero-order valence-corrected chi connectivity index (χ0v) is 14.6. The number of carbonyl (C=O) groups is 2.